The smallest absolute Gasteiger partial charge is 0.244 e. The van der Waals surface area contributed by atoms with Gasteiger partial charge in [0.15, 0.2) is 0 Å². The van der Waals surface area contributed by atoms with E-state index in [4.69, 9.17) is 4.74 Å². The number of halogens is 1. The SMILES string of the molecule is COc1cc(NC(=O)C2(C#N)CCCC2)ccc1Br. The van der Waals surface area contributed by atoms with Crippen molar-refractivity contribution in [2.45, 2.75) is 25.7 Å². The standard InChI is InChI=1S/C14H15BrN2O2/c1-19-12-8-10(4-5-11(12)15)17-13(18)14(9-16)6-2-3-7-14/h4-5,8H,2-3,6-7H2,1H3,(H,17,18). The van der Waals surface area contributed by atoms with Crippen LogP contribution in [0.3, 0.4) is 0 Å². The van der Waals surface area contributed by atoms with Gasteiger partial charge in [0.05, 0.1) is 17.7 Å². The summed E-state index contributed by atoms with van der Waals surface area (Å²) in [5, 5.41) is 12.1. The summed E-state index contributed by atoms with van der Waals surface area (Å²) in [4.78, 5) is 12.3. The Morgan fingerprint density at radius 2 is 2.16 bits per heavy atom. The molecule has 1 aromatic carbocycles. The van der Waals surface area contributed by atoms with E-state index in [1.807, 2.05) is 6.07 Å². The van der Waals surface area contributed by atoms with Crippen LogP contribution in [0.15, 0.2) is 22.7 Å². The Kier molecular flexibility index (Phi) is 4.11. The maximum absolute atomic E-state index is 12.3. The predicted octanol–water partition coefficient (Wildman–Crippen LogP) is 3.48. The van der Waals surface area contributed by atoms with Crippen LogP contribution < -0.4 is 10.1 Å². The second-order valence-electron chi connectivity index (χ2n) is 4.70. The lowest BCUT2D eigenvalue weighted by Gasteiger charge is -2.19. The molecule has 0 spiro atoms. The zero-order valence-corrected chi connectivity index (χ0v) is 12.3. The molecule has 0 aliphatic heterocycles. The summed E-state index contributed by atoms with van der Waals surface area (Å²) >= 11 is 3.36. The number of methoxy groups -OCH3 is 1. The van der Waals surface area contributed by atoms with E-state index in [0.29, 0.717) is 24.3 Å². The lowest BCUT2D eigenvalue weighted by molar-refractivity contribution is -0.122. The van der Waals surface area contributed by atoms with Gasteiger partial charge in [-0.3, -0.25) is 4.79 Å². The fourth-order valence-electron chi connectivity index (χ4n) is 2.36. The Labute approximate surface area is 120 Å². The summed E-state index contributed by atoms with van der Waals surface area (Å²) in [5.41, 5.74) is -0.216. The third-order valence-electron chi connectivity index (χ3n) is 3.51. The van der Waals surface area contributed by atoms with E-state index in [9.17, 15) is 10.1 Å². The van der Waals surface area contributed by atoms with Gasteiger partial charge in [-0.2, -0.15) is 5.26 Å². The van der Waals surface area contributed by atoms with E-state index in [1.54, 1.807) is 19.2 Å². The highest BCUT2D eigenvalue weighted by molar-refractivity contribution is 9.10. The average Bonchev–Trinajstić information content (AvgIpc) is 2.91. The number of amides is 1. The number of nitrogens with zero attached hydrogens (tertiary/aromatic N) is 1. The monoisotopic (exact) mass is 322 g/mol. The van der Waals surface area contributed by atoms with Crippen LogP contribution in [0.5, 0.6) is 5.75 Å². The molecule has 1 amide bonds. The average molecular weight is 323 g/mol. The van der Waals surface area contributed by atoms with E-state index < -0.39 is 5.41 Å². The fraction of sp³-hybridized carbons (Fsp3) is 0.429. The minimum absolute atomic E-state index is 0.211. The maximum Gasteiger partial charge on any atom is 0.244 e. The van der Waals surface area contributed by atoms with Crippen molar-refractivity contribution >= 4 is 27.5 Å². The van der Waals surface area contributed by atoms with Crippen molar-refractivity contribution in [1.29, 1.82) is 5.26 Å². The van der Waals surface area contributed by atoms with Gasteiger partial charge in [-0.1, -0.05) is 12.8 Å². The van der Waals surface area contributed by atoms with Gasteiger partial charge in [-0.25, -0.2) is 0 Å². The molecule has 1 N–H and O–H groups in total. The summed E-state index contributed by atoms with van der Waals surface area (Å²) in [6.45, 7) is 0. The predicted molar refractivity (Wildman–Crippen MR) is 75.8 cm³/mol. The van der Waals surface area contributed by atoms with E-state index >= 15 is 0 Å². The van der Waals surface area contributed by atoms with Crippen molar-refractivity contribution in [2.75, 3.05) is 12.4 Å². The van der Waals surface area contributed by atoms with Crippen molar-refractivity contribution in [3.63, 3.8) is 0 Å². The number of nitrogens with one attached hydrogen (secondary N) is 1. The van der Waals surface area contributed by atoms with Crippen LogP contribution in [0.2, 0.25) is 0 Å². The number of nitriles is 1. The lowest BCUT2D eigenvalue weighted by Crippen LogP contribution is -2.32. The molecule has 0 bridgehead atoms. The lowest BCUT2D eigenvalue weighted by atomic mass is 9.87. The Morgan fingerprint density at radius 3 is 2.74 bits per heavy atom. The summed E-state index contributed by atoms with van der Waals surface area (Å²) in [5.74, 6) is 0.437. The van der Waals surface area contributed by atoms with Gasteiger partial charge in [-0.05, 0) is 40.9 Å². The van der Waals surface area contributed by atoms with Crippen molar-refractivity contribution in [1.82, 2.24) is 0 Å². The number of ether oxygens (including phenoxy) is 1. The molecular weight excluding hydrogens is 308 g/mol. The minimum atomic E-state index is -0.861. The third kappa shape index (κ3) is 2.74. The van der Waals surface area contributed by atoms with Crippen molar-refractivity contribution in [3.05, 3.63) is 22.7 Å². The Hall–Kier alpha value is -1.54. The van der Waals surface area contributed by atoms with Crippen LogP contribution in [0.25, 0.3) is 0 Å². The second-order valence-corrected chi connectivity index (χ2v) is 5.56. The normalized spacial score (nSPS) is 16.7. The number of benzene rings is 1. The van der Waals surface area contributed by atoms with Crippen molar-refractivity contribution in [2.24, 2.45) is 5.41 Å². The van der Waals surface area contributed by atoms with Gasteiger partial charge in [0.1, 0.15) is 11.2 Å². The van der Waals surface area contributed by atoms with Gasteiger partial charge in [0.25, 0.3) is 0 Å². The number of rotatable bonds is 3. The molecule has 4 nitrogen and oxygen atoms in total. The second kappa shape index (κ2) is 5.62. The molecule has 5 heteroatoms. The summed E-state index contributed by atoms with van der Waals surface area (Å²) < 4.78 is 6.00. The molecule has 1 fully saturated rings. The van der Waals surface area contributed by atoms with Crippen LogP contribution in [0, 0.1) is 16.7 Å². The first-order valence-electron chi connectivity index (χ1n) is 6.17. The van der Waals surface area contributed by atoms with Crippen LogP contribution in [0.4, 0.5) is 5.69 Å². The molecule has 0 atom stereocenters. The number of hydrogen-bond donors (Lipinski definition) is 1. The molecule has 1 saturated carbocycles. The molecule has 0 aromatic heterocycles. The molecule has 19 heavy (non-hydrogen) atoms. The molecule has 1 aromatic rings. The first-order chi connectivity index (χ1) is 9.11. The Morgan fingerprint density at radius 1 is 1.47 bits per heavy atom. The largest absolute Gasteiger partial charge is 0.495 e. The van der Waals surface area contributed by atoms with Crippen LogP contribution >= 0.6 is 15.9 Å². The van der Waals surface area contributed by atoms with Gasteiger partial charge >= 0.3 is 0 Å². The Bertz CT molecular complexity index is 531. The van der Waals surface area contributed by atoms with Gasteiger partial charge in [0, 0.05) is 11.8 Å². The molecular formula is C14H15BrN2O2. The van der Waals surface area contributed by atoms with E-state index in [0.717, 1.165) is 17.3 Å². The molecule has 0 saturated heterocycles. The molecule has 1 aliphatic rings. The minimum Gasteiger partial charge on any atom is -0.495 e. The van der Waals surface area contributed by atoms with Gasteiger partial charge < -0.3 is 10.1 Å². The first-order valence-corrected chi connectivity index (χ1v) is 6.97. The van der Waals surface area contributed by atoms with Gasteiger partial charge in [-0.15, -0.1) is 0 Å². The molecule has 0 unspecified atom stereocenters. The topological polar surface area (TPSA) is 62.1 Å². The molecule has 1 aliphatic carbocycles. The number of anilines is 1. The highest BCUT2D eigenvalue weighted by Crippen LogP contribution is 2.38. The first kappa shape index (κ1) is 13.9. The van der Waals surface area contributed by atoms with Crippen LogP contribution in [0.1, 0.15) is 25.7 Å². The number of carbonyl (C=O) groups excluding carboxylic acids is 1. The van der Waals surface area contributed by atoms with Gasteiger partial charge in [0.2, 0.25) is 5.91 Å². The maximum atomic E-state index is 12.3. The summed E-state index contributed by atoms with van der Waals surface area (Å²) in [6, 6.07) is 7.51. The number of carbonyl (C=O) groups is 1. The quantitative estimate of drug-likeness (QED) is 0.926. The summed E-state index contributed by atoms with van der Waals surface area (Å²) in [6.07, 6.45) is 3.15. The zero-order valence-electron chi connectivity index (χ0n) is 10.7. The Balaban J connectivity index is 2.17. The van der Waals surface area contributed by atoms with Crippen molar-refractivity contribution < 1.29 is 9.53 Å². The summed E-state index contributed by atoms with van der Waals surface area (Å²) in [7, 11) is 1.57. The molecule has 0 radical (unpaired) electrons. The number of hydrogen-bond acceptors (Lipinski definition) is 3. The van der Waals surface area contributed by atoms with E-state index in [1.165, 1.54) is 0 Å². The fourth-order valence-corrected chi connectivity index (χ4v) is 2.76. The van der Waals surface area contributed by atoms with E-state index in [2.05, 4.69) is 27.3 Å². The zero-order chi connectivity index (χ0) is 13.9. The highest BCUT2D eigenvalue weighted by atomic mass is 79.9. The van der Waals surface area contributed by atoms with E-state index in [-0.39, 0.29) is 5.91 Å². The highest BCUT2D eigenvalue weighted by Gasteiger charge is 2.41. The molecule has 2 rings (SSSR count). The van der Waals surface area contributed by atoms with Crippen LogP contribution in [-0.4, -0.2) is 13.0 Å². The van der Waals surface area contributed by atoms with Crippen molar-refractivity contribution in [3.8, 4) is 11.8 Å². The molecule has 100 valence electrons. The molecule has 0 heterocycles. The van der Waals surface area contributed by atoms with Crippen LogP contribution in [-0.2, 0) is 4.79 Å². The third-order valence-corrected chi connectivity index (χ3v) is 4.17.